The van der Waals surface area contributed by atoms with Gasteiger partial charge in [0, 0.05) is 34.1 Å². The Labute approximate surface area is 141 Å². The van der Waals surface area contributed by atoms with Crippen molar-refractivity contribution in [3.05, 3.63) is 55.2 Å². The minimum Gasteiger partial charge on any atom is -0.374 e. The first-order valence-corrected chi connectivity index (χ1v) is 7.97. The van der Waals surface area contributed by atoms with Crippen LogP contribution < -0.4 is 5.32 Å². The number of hydrogen-bond donors (Lipinski definition) is 1. The van der Waals surface area contributed by atoms with E-state index < -0.39 is 0 Å². The molecule has 1 heterocycles. The minimum atomic E-state index is -0.260. The van der Waals surface area contributed by atoms with Crippen LogP contribution in [0.2, 0.25) is 14.4 Å². The molecule has 1 unspecified atom stereocenters. The van der Waals surface area contributed by atoms with Gasteiger partial charge in [0.25, 0.3) is 5.91 Å². The van der Waals surface area contributed by atoms with E-state index in [0.29, 0.717) is 26.5 Å². The first kappa shape index (κ1) is 16.6. The quantitative estimate of drug-likeness (QED) is 0.825. The van der Waals surface area contributed by atoms with E-state index in [1.807, 2.05) is 6.07 Å². The third kappa shape index (κ3) is 4.59. The SMILES string of the molecule is COC(CNC(=O)c1cc(Cl)cc(Cl)c1)c1ccc(Cl)s1. The summed E-state index contributed by atoms with van der Waals surface area (Å²) in [7, 11) is 1.58. The number of hydrogen-bond acceptors (Lipinski definition) is 3. The van der Waals surface area contributed by atoms with Gasteiger partial charge in [-0.05, 0) is 30.3 Å². The van der Waals surface area contributed by atoms with Crippen LogP contribution in [0.25, 0.3) is 0 Å². The molecule has 1 atom stereocenters. The van der Waals surface area contributed by atoms with Crippen LogP contribution in [0.4, 0.5) is 0 Å². The molecule has 21 heavy (non-hydrogen) atoms. The lowest BCUT2D eigenvalue weighted by atomic mass is 10.2. The fraction of sp³-hybridized carbons (Fsp3) is 0.214. The number of benzene rings is 1. The second-order valence-electron chi connectivity index (χ2n) is 4.23. The zero-order chi connectivity index (χ0) is 15.4. The fourth-order valence-electron chi connectivity index (χ4n) is 1.77. The van der Waals surface area contributed by atoms with E-state index in [-0.39, 0.29) is 12.0 Å². The largest absolute Gasteiger partial charge is 0.374 e. The lowest BCUT2D eigenvalue weighted by molar-refractivity contribution is 0.0837. The standard InChI is InChI=1S/C14H12Cl3NO2S/c1-20-11(12-2-3-13(17)21-12)7-18-14(19)8-4-9(15)6-10(16)5-8/h2-6,11H,7H2,1H3,(H,18,19). The smallest absolute Gasteiger partial charge is 0.251 e. The number of nitrogens with one attached hydrogen (secondary N) is 1. The number of carbonyl (C=O) groups is 1. The van der Waals surface area contributed by atoms with Crippen LogP contribution in [0, 0.1) is 0 Å². The second-order valence-corrected chi connectivity index (χ2v) is 6.85. The van der Waals surface area contributed by atoms with Gasteiger partial charge in [-0.1, -0.05) is 34.8 Å². The maximum Gasteiger partial charge on any atom is 0.251 e. The lowest BCUT2D eigenvalue weighted by Crippen LogP contribution is -2.28. The van der Waals surface area contributed by atoms with E-state index in [1.54, 1.807) is 31.4 Å². The highest BCUT2D eigenvalue weighted by atomic mass is 35.5. The summed E-state index contributed by atoms with van der Waals surface area (Å²) < 4.78 is 6.05. The molecule has 0 radical (unpaired) electrons. The summed E-state index contributed by atoms with van der Waals surface area (Å²) in [4.78, 5) is 13.1. The van der Waals surface area contributed by atoms with E-state index in [2.05, 4.69) is 5.32 Å². The summed E-state index contributed by atoms with van der Waals surface area (Å²) in [6.07, 6.45) is -0.249. The summed E-state index contributed by atoms with van der Waals surface area (Å²) in [6.45, 7) is 0.330. The van der Waals surface area contributed by atoms with Gasteiger partial charge in [0.2, 0.25) is 0 Å². The molecule has 0 aliphatic heterocycles. The van der Waals surface area contributed by atoms with Crippen LogP contribution in [0.15, 0.2) is 30.3 Å². The molecule has 1 amide bonds. The van der Waals surface area contributed by atoms with E-state index in [0.717, 1.165) is 4.88 Å². The van der Waals surface area contributed by atoms with E-state index in [4.69, 9.17) is 39.5 Å². The monoisotopic (exact) mass is 363 g/mol. The topological polar surface area (TPSA) is 38.3 Å². The summed E-state index contributed by atoms with van der Waals surface area (Å²) >= 11 is 19.1. The molecule has 112 valence electrons. The number of carbonyl (C=O) groups excluding carboxylic acids is 1. The Morgan fingerprint density at radius 1 is 1.24 bits per heavy atom. The predicted molar refractivity (Wildman–Crippen MR) is 87.9 cm³/mol. The lowest BCUT2D eigenvalue weighted by Gasteiger charge is -2.14. The van der Waals surface area contributed by atoms with Crippen molar-refractivity contribution in [3.63, 3.8) is 0 Å². The molecule has 3 nitrogen and oxygen atoms in total. The molecular formula is C14H12Cl3NO2S. The van der Waals surface area contributed by atoms with Gasteiger partial charge in [-0.2, -0.15) is 0 Å². The summed E-state index contributed by atoms with van der Waals surface area (Å²) in [5.74, 6) is -0.260. The van der Waals surface area contributed by atoms with Gasteiger partial charge >= 0.3 is 0 Å². The molecule has 1 aromatic carbocycles. The highest BCUT2D eigenvalue weighted by molar-refractivity contribution is 7.16. The maximum atomic E-state index is 12.1. The molecule has 1 N–H and O–H groups in total. The van der Waals surface area contributed by atoms with Gasteiger partial charge in [-0.3, -0.25) is 4.79 Å². The molecule has 0 bridgehead atoms. The van der Waals surface area contributed by atoms with Crippen molar-refractivity contribution < 1.29 is 9.53 Å². The molecule has 0 saturated carbocycles. The summed E-state index contributed by atoms with van der Waals surface area (Å²) in [6, 6.07) is 8.38. The van der Waals surface area contributed by atoms with Crippen molar-refractivity contribution >= 4 is 52.0 Å². The van der Waals surface area contributed by atoms with Gasteiger partial charge in [-0.25, -0.2) is 0 Å². The molecular weight excluding hydrogens is 353 g/mol. The van der Waals surface area contributed by atoms with Crippen LogP contribution in [-0.4, -0.2) is 19.6 Å². The van der Waals surface area contributed by atoms with Crippen molar-refractivity contribution in [3.8, 4) is 0 Å². The zero-order valence-corrected chi connectivity index (χ0v) is 14.1. The summed E-state index contributed by atoms with van der Waals surface area (Å²) in [5, 5.41) is 3.63. The van der Waals surface area contributed by atoms with E-state index in [1.165, 1.54) is 11.3 Å². The second kappa shape index (κ2) is 7.47. The number of thiophene rings is 1. The van der Waals surface area contributed by atoms with Gasteiger partial charge in [-0.15, -0.1) is 11.3 Å². The number of rotatable bonds is 5. The molecule has 2 aromatic rings. The molecule has 0 spiro atoms. The number of halogens is 3. The predicted octanol–water partition coefficient (Wildman–Crippen LogP) is 4.83. The maximum absolute atomic E-state index is 12.1. The van der Waals surface area contributed by atoms with Gasteiger partial charge in [0.1, 0.15) is 6.10 Å². The molecule has 0 aliphatic carbocycles. The fourth-order valence-corrected chi connectivity index (χ4v) is 3.44. The third-order valence-corrected chi connectivity index (χ3v) is 4.53. The first-order chi connectivity index (χ1) is 9.99. The van der Waals surface area contributed by atoms with Crippen molar-refractivity contribution in [2.45, 2.75) is 6.10 Å². The Morgan fingerprint density at radius 3 is 2.43 bits per heavy atom. The Balaban J connectivity index is 2.02. The third-order valence-electron chi connectivity index (χ3n) is 2.77. The summed E-state index contributed by atoms with van der Waals surface area (Å²) in [5.41, 5.74) is 0.409. The number of ether oxygens (including phenoxy) is 1. The Hall–Kier alpha value is -0.780. The molecule has 0 aliphatic rings. The van der Waals surface area contributed by atoms with Crippen LogP contribution in [0.3, 0.4) is 0 Å². The van der Waals surface area contributed by atoms with Crippen molar-refractivity contribution in [1.29, 1.82) is 0 Å². The van der Waals surface area contributed by atoms with Crippen molar-refractivity contribution in [2.75, 3.05) is 13.7 Å². The molecule has 2 rings (SSSR count). The van der Waals surface area contributed by atoms with Crippen LogP contribution in [-0.2, 0) is 4.74 Å². The van der Waals surface area contributed by atoms with Crippen molar-refractivity contribution in [2.24, 2.45) is 0 Å². The average molecular weight is 365 g/mol. The molecule has 1 aromatic heterocycles. The Kier molecular flexibility index (Phi) is 5.90. The highest BCUT2D eigenvalue weighted by Gasteiger charge is 2.15. The van der Waals surface area contributed by atoms with Crippen LogP contribution in [0.5, 0.6) is 0 Å². The zero-order valence-electron chi connectivity index (χ0n) is 11.0. The van der Waals surface area contributed by atoms with E-state index in [9.17, 15) is 4.79 Å². The van der Waals surface area contributed by atoms with Crippen LogP contribution >= 0.6 is 46.1 Å². The number of amides is 1. The van der Waals surface area contributed by atoms with Crippen molar-refractivity contribution in [1.82, 2.24) is 5.32 Å². The molecule has 0 saturated heterocycles. The first-order valence-electron chi connectivity index (χ1n) is 6.02. The molecule has 7 heteroatoms. The Morgan fingerprint density at radius 2 is 1.90 bits per heavy atom. The van der Waals surface area contributed by atoms with E-state index >= 15 is 0 Å². The minimum absolute atomic E-state index is 0.249. The average Bonchev–Trinajstić information content (AvgIpc) is 2.84. The van der Waals surface area contributed by atoms with Gasteiger partial charge < -0.3 is 10.1 Å². The normalized spacial score (nSPS) is 12.2. The number of methoxy groups -OCH3 is 1. The molecule has 0 fully saturated rings. The van der Waals surface area contributed by atoms with Gasteiger partial charge in [0.15, 0.2) is 0 Å². The van der Waals surface area contributed by atoms with Gasteiger partial charge in [0.05, 0.1) is 4.34 Å². The van der Waals surface area contributed by atoms with Crippen LogP contribution in [0.1, 0.15) is 21.3 Å². The highest BCUT2D eigenvalue weighted by Crippen LogP contribution is 2.28. The Bertz CT molecular complexity index is 625.